The summed E-state index contributed by atoms with van der Waals surface area (Å²) in [6.45, 7) is 6.37. The van der Waals surface area contributed by atoms with Gasteiger partial charge in [-0.15, -0.1) is 0 Å². The van der Waals surface area contributed by atoms with Crippen LogP contribution in [-0.4, -0.2) is 41.4 Å². The standard InChI is InChI=1S/C10H19N3O2/c1-4-7(11)8(14)13-6-5-12-9(15)10(13,2)3/h7H,4-6,11H2,1-3H3,(H,12,15)/t7-/m1/s1. The van der Waals surface area contributed by atoms with E-state index in [9.17, 15) is 9.59 Å². The Labute approximate surface area is 90.0 Å². The van der Waals surface area contributed by atoms with Crippen LogP contribution in [0, 0.1) is 0 Å². The van der Waals surface area contributed by atoms with Crippen LogP contribution in [0.1, 0.15) is 27.2 Å². The van der Waals surface area contributed by atoms with Crippen LogP contribution in [0.5, 0.6) is 0 Å². The molecule has 5 heteroatoms. The molecule has 2 amide bonds. The van der Waals surface area contributed by atoms with Gasteiger partial charge < -0.3 is 16.0 Å². The van der Waals surface area contributed by atoms with Crippen molar-refractivity contribution in [3.05, 3.63) is 0 Å². The Kier molecular flexibility index (Phi) is 3.34. The van der Waals surface area contributed by atoms with E-state index in [1.807, 2.05) is 6.92 Å². The molecule has 0 unspecified atom stereocenters. The summed E-state index contributed by atoms with van der Waals surface area (Å²) in [4.78, 5) is 25.1. The first-order chi connectivity index (χ1) is 6.91. The monoisotopic (exact) mass is 213 g/mol. The molecule has 1 aliphatic rings. The van der Waals surface area contributed by atoms with Gasteiger partial charge in [-0.2, -0.15) is 0 Å². The molecule has 1 heterocycles. The van der Waals surface area contributed by atoms with Crippen molar-refractivity contribution in [2.75, 3.05) is 13.1 Å². The number of carbonyl (C=O) groups excluding carboxylic acids is 2. The van der Waals surface area contributed by atoms with Gasteiger partial charge in [0.15, 0.2) is 0 Å². The Morgan fingerprint density at radius 3 is 2.80 bits per heavy atom. The molecule has 0 bridgehead atoms. The maximum Gasteiger partial charge on any atom is 0.245 e. The van der Waals surface area contributed by atoms with Crippen molar-refractivity contribution in [3.8, 4) is 0 Å². The van der Waals surface area contributed by atoms with E-state index in [2.05, 4.69) is 5.32 Å². The van der Waals surface area contributed by atoms with Gasteiger partial charge >= 0.3 is 0 Å². The van der Waals surface area contributed by atoms with Gasteiger partial charge in [0.25, 0.3) is 0 Å². The van der Waals surface area contributed by atoms with Gasteiger partial charge in [-0.3, -0.25) is 9.59 Å². The Bertz CT molecular complexity index is 276. The first kappa shape index (κ1) is 12.0. The number of nitrogens with two attached hydrogens (primary N) is 1. The third-order valence-corrected chi connectivity index (χ3v) is 2.87. The van der Waals surface area contributed by atoms with Crippen LogP contribution < -0.4 is 11.1 Å². The molecule has 15 heavy (non-hydrogen) atoms. The third kappa shape index (κ3) is 2.12. The predicted octanol–water partition coefficient (Wildman–Crippen LogP) is -0.539. The molecule has 0 saturated carbocycles. The summed E-state index contributed by atoms with van der Waals surface area (Å²) in [6.07, 6.45) is 0.590. The van der Waals surface area contributed by atoms with Crippen molar-refractivity contribution >= 4 is 11.8 Å². The highest BCUT2D eigenvalue weighted by Gasteiger charge is 2.41. The minimum absolute atomic E-state index is 0.120. The normalized spacial score (nSPS) is 22.1. The Hall–Kier alpha value is -1.10. The maximum atomic E-state index is 11.9. The summed E-state index contributed by atoms with van der Waals surface area (Å²) < 4.78 is 0. The molecule has 0 aromatic heterocycles. The largest absolute Gasteiger partial charge is 0.352 e. The molecule has 0 aliphatic carbocycles. The van der Waals surface area contributed by atoms with Gasteiger partial charge in [0.1, 0.15) is 5.54 Å². The summed E-state index contributed by atoms with van der Waals surface area (Å²) in [5.74, 6) is -0.261. The summed E-state index contributed by atoms with van der Waals surface area (Å²) >= 11 is 0. The number of hydrogen-bond donors (Lipinski definition) is 2. The number of hydrogen-bond acceptors (Lipinski definition) is 3. The zero-order chi connectivity index (χ0) is 11.6. The van der Waals surface area contributed by atoms with E-state index in [1.165, 1.54) is 0 Å². The number of piperazine rings is 1. The Morgan fingerprint density at radius 2 is 2.27 bits per heavy atom. The van der Waals surface area contributed by atoms with Crippen molar-refractivity contribution in [2.45, 2.75) is 38.8 Å². The van der Waals surface area contributed by atoms with Crippen LogP contribution in [-0.2, 0) is 9.59 Å². The number of nitrogens with zero attached hydrogens (tertiary/aromatic N) is 1. The second-order valence-electron chi connectivity index (χ2n) is 4.32. The van der Waals surface area contributed by atoms with Crippen molar-refractivity contribution in [1.82, 2.24) is 10.2 Å². The molecule has 1 rings (SSSR count). The first-order valence-electron chi connectivity index (χ1n) is 5.26. The van der Waals surface area contributed by atoms with Gasteiger partial charge in [-0.25, -0.2) is 0 Å². The minimum Gasteiger partial charge on any atom is -0.352 e. The van der Waals surface area contributed by atoms with E-state index in [-0.39, 0.29) is 11.8 Å². The fraction of sp³-hybridized carbons (Fsp3) is 0.800. The van der Waals surface area contributed by atoms with Crippen LogP contribution in [0.3, 0.4) is 0 Å². The average molecular weight is 213 g/mol. The second-order valence-corrected chi connectivity index (χ2v) is 4.32. The van der Waals surface area contributed by atoms with E-state index in [0.717, 1.165) is 0 Å². The quantitative estimate of drug-likeness (QED) is 0.647. The molecular formula is C10H19N3O2. The Morgan fingerprint density at radius 1 is 1.67 bits per heavy atom. The molecule has 1 atom stereocenters. The van der Waals surface area contributed by atoms with Gasteiger partial charge in [0, 0.05) is 13.1 Å². The minimum atomic E-state index is -0.790. The molecule has 1 fully saturated rings. The lowest BCUT2D eigenvalue weighted by molar-refractivity contribution is -0.150. The number of nitrogens with one attached hydrogen (secondary N) is 1. The molecule has 0 radical (unpaired) electrons. The summed E-state index contributed by atoms with van der Waals surface area (Å²) in [5.41, 5.74) is 4.90. The lowest BCUT2D eigenvalue weighted by Crippen LogP contribution is -2.65. The van der Waals surface area contributed by atoms with Gasteiger partial charge in [0.2, 0.25) is 11.8 Å². The average Bonchev–Trinajstić information content (AvgIpc) is 2.20. The number of amides is 2. The van der Waals surface area contributed by atoms with E-state index in [1.54, 1.807) is 18.7 Å². The van der Waals surface area contributed by atoms with Crippen molar-refractivity contribution in [2.24, 2.45) is 5.73 Å². The number of carbonyl (C=O) groups is 2. The molecule has 3 N–H and O–H groups in total. The van der Waals surface area contributed by atoms with Crippen molar-refractivity contribution in [1.29, 1.82) is 0 Å². The van der Waals surface area contributed by atoms with Gasteiger partial charge in [0.05, 0.1) is 6.04 Å². The highest BCUT2D eigenvalue weighted by Crippen LogP contribution is 2.18. The van der Waals surface area contributed by atoms with E-state index in [4.69, 9.17) is 5.73 Å². The highest BCUT2D eigenvalue weighted by molar-refractivity contribution is 5.93. The molecule has 1 aliphatic heterocycles. The molecule has 86 valence electrons. The maximum absolute atomic E-state index is 11.9. The van der Waals surface area contributed by atoms with Crippen LogP contribution >= 0.6 is 0 Å². The molecule has 0 aromatic rings. The third-order valence-electron chi connectivity index (χ3n) is 2.87. The van der Waals surface area contributed by atoms with Crippen LogP contribution in [0.25, 0.3) is 0 Å². The topological polar surface area (TPSA) is 75.4 Å². The van der Waals surface area contributed by atoms with Gasteiger partial charge in [-0.1, -0.05) is 6.92 Å². The lowest BCUT2D eigenvalue weighted by Gasteiger charge is -2.42. The summed E-state index contributed by atoms with van der Waals surface area (Å²) in [5, 5.41) is 2.74. The first-order valence-corrected chi connectivity index (χ1v) is 5.26. The second kappa shape index (κ2) is 4.18. The highest BCUT2D eigenvalue weighted by atomic mass is 16.2. The number of rotatable bonds is 2. The molecule has 0 spiro atoms. The fourth-order valence-corrected chi connectivity index (χ4v) is 1.66. The molecule has 1 saturated heterocycles. The smallest absolute Gasteiger partial charge is 0.245 e. The summed E-state index contributed by atoms with van der Waals surface area (Å²) in [7, 11) is 0. The van der Waals surface area contributed by atoms with Crippen LogP contribution in [0.2, 0.25) is 0 Å². The molecule has 5 nitrogen and oxygen atoms in total. The van der Waals surface area contributed by atoms with E-state index >= 15 is 0 Å². The molecular weight excluding hydrogens is 194 g/mol. The zero-order valence-electron chi connectivity index (χ0n) is 9.54. The van der Waals surface area contributed by atoms with E-state index in [0.29, 0.717) is 19.5 Å². The lowest BCUT2D eigenvalue weighted by atomic mass is 9.97. The Balaban J connectivity index is 2.84. The fourth-order valence-electron chi connectivity index (χ4n) is 1.66. The predicted molar refractivity (Wildman–Crippen MR) is 57.1 cm³/mol. The SMILES string of the molecule is CC[C@@H](N)C(=O)N1CCNC(=O)C1(C)C. The van der Waals surface area contributed by atoms with Crippen molar-refractivity contribution < 1.29 is 9.59 Å². The van der Waals surface area contributed by atoms with Crippen LogP contribution in [0.15, 0.2) is 0 Å². The van der Waals surface area contributed by atoms with Crippen LogP contribution in [0.4, 0.5) is 0 Å². The molecule has 0 aromatic carbocycles. The van der Waals surface area contributed by atoms with Gasteiger partial charge in [-0.05, 0) is 20.3 Å². The summed E-state index contributed by atoms with van der Waals surface area (Å²) in [6, 6.07) is -0.504. The zero-order valence-corrected chi connectivity index (χ0v) is 9.54. The van der Waals surface area contributed by atoms with Crippen molar-refractivity contribution in [3.63, 3.8) is 0 Å². The van der Waals surface area contributed by atoms with E-state index < -0.39 is 11.6 Å².